The van der Waals surface area contributed by atoms with Crippen LogP contribution in [-0.2, 0) is 9.53 Å². The van der Waals surface area contributed by atoms with Gasteiger partial charge in [0.2, 0.25) is 0 Å². The van der Waals surface area contributed by atoms with Crippen molar-refractivity contribution in [3.05, 3.63) is 58.1 Å². The van der Waals surface area contributed by atoms with E-state index in [1.165, 1.54) is 11.8 Å². The summed E-state index contributed by atoms with van der Waals surface area (Å²) in [5.41, 5.74) is 2.83. The summed E-state index contributed by atoms with van der Waals surface area (Å²) in [4.78, 5) is 12.0. The molecule has 0 radical (unpaired) electrons. The minimum absolute atomic E-state index is 0.215. The Labute approximate surface area is 183 Å². The zero-order valence-corrected chi connectivity index (χ0v) is 18.3. The first-order valence-corrected chi connectivity index (χ1v) is 10.9. The SMILES string of the molecule is CC(C)c1ccccc1-n1c(SC2CCOC2=O)nnc1-c1ccc(Cl)cc1Cl. The van der Waals surface area contributed by atoms with E-state index in [1.54, 1.807) is 12.1 Å². The van der Waals surface area contributed by atoms with Gasteiger partial charge < -0.3 is 4.74 Å². The second-order valence-electron chi connectivity index (χ2n) is 7.04. The van der Waals surface area contributed by atoms with Gasteiger partial charge in [-0.05, 0) is 35.7 Å². The number of para-hydroxylation sites is 1. The second-order valence-corrected chi connectivity index (χ2v) is 9.06. The largest absolute Gasteiger partial charge is 0.465 e. The summed E-state index contributed by atoms with van der Waals surface area (Å²) in [6.45, 7) is 4.71. The molecule has 8 heteroatoms. The van der Waals surface area contributed by atoms with Gasteiger partial charge in [0.15, 0.2) is 11.0 Å². The number of benzene rings is 2. The predicted octanol–water partition coefficient (Wildman–Crippen LogP) is 5.77. The monoisotopic (exact) mass is 447 g/mol. The number of ether oxygens (including phenoxy) is 1. The molecule has 29 heavy (non-hydrogen) atoms. The van der Waals surface area contributed by atoms with Crippen LogP contribution in [0.5, 0.6) is 0 Å². The number of carbonyl (C=O) groups excluding carboxylic acids is 1. The number of halogens is 2. The smallest absolute Gasteiger partial charge is 0.319 e. The Balaban J connectivity index is 1.90. The van der Waals surface area contributed by atoms with E-state index in [9.17, 15) is 4.79 Å². The third-order valence-corrected chi connectivity index (χ3v) is 6.48. The van der Waals surface area contributed by atoms with Crippen molar-refractivity contribution in [2.24, 2.45) is 0 Å². The first-order chi connectivity index (χ1) is 14.0. The van der Waals surface area contributed by atoms with E-state index in [0.29, 0.717) is 34.1 Å². The highest BCUT2D eigenvalue weighted by molar-refractivity contribution is 8.00. The molecule has 0 aliphatic carbocycles. The van der Waals surface area contributed by atoms with E-state index in [-0.39, 0.29) is 17.1 Å². The molecule has 1 unspecified atom stereocenters. The lowest BCUT2D eigenvalue weighted by molar-refractivity contribution is -0.137. The molecule has 2 aromatic carbocycles. The maximum atomic E-state index is 12.0. The molecular formula is C21H19Cl2N3O2S. The number of hydrogen-bond donors (Lipinski definition) is 0. The summed E-state index contributed by atoms with van der Waals surface area (Å²) in [5, 5.41) is 10.2. The highest BCUT2D eigenvalue weighted by Crippen LogP contribution is 2.37. The molecule has 0 amide bonds. The first-order valence-electron chi connectivity index (χ1n) is 9.29. The van der Waals surface area contributed by atoms with Crippen LogP contribution in [0.15, 0.2) is 47.6 Å². The van der Waals surface area contributed by atoms with Crippen LogP contribution in [0.25, 0.3) is 17.1 Å². The summed E-state index contributed by atoms with van der Waals surface area (Å²) < 4.78 is 7.09. The Kier molecular flexibility index (Phi) is 5.86. The van der Waals surface area contributed by atoms with E-state index in [2.05, 4.69) is 30.1 Å². The maximum Gasteiger partial charge on any atom is 0.319 e. The molecule has 1 saturated heterocycles. The average molecular weight is 448 g/mol. The van der Waals surface area contributed by atoms with Crippen molar-refractivity contribution >= 4 is 40.9 Å². The normalized spacial score (nSPS) is 16.4. The van der Waals surface area contributed by atoms with Gasteiger partial charge in [0.05, 0.1) is 17.3 Å². The molecule has 0 N–H and O–H groups in total. The molecule has 4 rings (SSSR count). The lowest BCUT2D eigenvalue weighted by atomic mass is 10.0. The van der Waals surface area contributed by atoms with Crippen LogP contribution in [0.4, 0.5) is 0 Å². The van der Waals surface area contributed by atoms with Crippen molar-refractivity contribution in [2.45, 2.75) is 36.6 Å². The van der Waals surface area contributed by atoms with Gasteiger partial charge in [-0.15, -0.1) is 10.2 Å². The quantitative estimate of drug-likeness (QED) is 0.464. The Morgan fingerprint density at radius 3 is 2.66 bits per heavy atom. The molecule has 5 nitrogen and oxygen atoms in total. The summed E-state index contributed by atoms with van der Waals surface area (Å²) in [5.74, 6) is 0.679. The number of nitrogens with zero attached hydrogens (tertiary/aromatic N) is 3. The zero-order chi connectivity index (χ0) is 20.5. The molecule has 1 aromatic heterocycles. The summed E-state index contributed by atoms with van der Waals surface area (Å²) >= 11 is 13.9. The Morgan fingerprint density at radius 1 is 1.17 bits per heavy atom. The standard InChI is InChI=1S/C21H19Cl2N3O2S/c1-12(2)14-5-3-4-6-17(14)26-19(15-8-7-13(22)11-16(15)23)24-25-21(26)29-18-9-10-28-20(18)27/h3-8,11-12,18H,9-10H2,1-2H3. The average Bonchev–Trinajstić information content (AvgIpc) is 3.28. The molecule has 0 bridgehead atoms. The van der Waals surface area contributed by atoms with Crippen molar-refractivity contribution in [1.29, 1.82) is 0 Å². The van der Waals surface area contributed by atoms with Crippen molar-refractivity contribution in [3.8, 4) is 17.1 Å². The van der Waals surface area contributed by atoms with Gasteiger partial charge in [0.25, 0.3) is 0 Å². The van der Waals surface area contributed by atoms with E-state index in [4.69, 9.17) is 27.9 Å². The van der Waals surface area contributed by atoms with Gasteiger partial charge >= 0.3 is 5.97 Å². The summed E-state index contributed by atoms with van der Waals surface area (Å²) in [7, 11) is 0. The third-order valence-electron chi connectivity index (χ3n) is 4.74. The molecule has 1 atom stereocenters. The van der Waals surface area contributed by atoms with Gasteiger partial charge in [-0.3, -0.25) is 9.36 Å². The molecule has 1 fully saturated rings. The molecule has 3 aromatic rings. The van der Waals surface area contributed by atoms with Gasteiger partial charge in [-0.1, -0.05) is 67.0 Å². The molecule has 150 valence electrons. The minimum Gasteiger partial charge on any atom is -0.465 e. The van der Waals surface area contributed by atoms with Crippen molar-refractivity contribution in [1.82, 2.24) is 14.8 Å². The molecule has 1 aliphatic rings. The van der Waals surface area contributed by atoms with Crippen LogP contribution in [0.3, 0.4) is 0 Å². The van der Waals surface area contributed by atoms with Gasteiger partial charge in [0, 0.05) is 17.0 Å². The molecule has 2 heterocycles. The van der Waals surface area contributed by atoms with Crippen LogP contribution in [0, 0.1) is 0 Å². The Hall–Kier alpha value is -2.02. The van der Waals surface area contributed by atoms with Crippen LogP contribution in [0.1, 0.15) is 31.7 Å². The molecule has 0 saturated carbocycles. The molecule has 0 spiro atoms. The van der Waals surface area contributed by atoms with Crippen molar-refractivity contribution in [2.75, 3.05) is 6.61 Å². The topological polar surface area (TPSA) is 57.0 Å². The molecular weight excluding hydrogens is 429 g/mol. The van der Waals surface area contributed by atoms with Crippen molar-refractivity contribution in [3.63, 3.8) is 0 Å². The minimum atomic E-state index is -0.294. The van der Waals surface area contributed by atoms with Gasteiger partial charge in [0.1, 0.15) is 5.25 Å². The summed E-state index contributed by atoms with van der Waals surface area (Å²) in [6, 6.07) is 13.4. The maximum absolute atomic E-state index is 12.0. The lowest BCUT2D eigenvalue weighted by Gasteiger charge is -2.17. The fraction of sp³-hybridized carbons (Fsp3) is 0.286. The van der Waals surface area contributed by atoms with Gasteiger partial charge in [-0.2, -0.15) is 0 Å². The van der Waals surface area contributed by atoms with Crippen LogP contribution >= 0.6 is 35.0 Å². The first kappa shape index (κ1) is 20.3. The van der Waals surface area contributed by atoms with E-state index in [0.717, 1.165) is 16.8 Å². The third kappa shape index (κ3) is 4.02. The summed E-state index contributed by atoms with van der Waals surface area (Å²) in [6.07, 6.45) is 0.652. The number of thioether (sulfide) groups is 1. The number of carbonyl (C=O) groups is 1. The van der Waals surface area contributed by atoms with Crippen molar-refractivity contribution < 1.29 is 9.53 Å². The highest BCUT2D eigenvalue weighted by Gasteiger charge is 2.31. The number of cyclic esters (lactones) is 1. The van der Waals surface area contributed by atoms with E-state index >= 15 is 0 Å². The Morgan fingerprint density at radius 2 is 1.97 bits per heavy atom. The van der Waals surface area contributed by atoms with Crippen LogP contribution < -0.4 is 0 Å². The molecule has 1 aliphatic heterocycles. The second kappa shape index (κ2) is 8.38. The number of hydrogen-bond acceptors (Lipinski definition) is 5. The van der Waals surface area contributed by atoms with Crippen LogP contribution in [0.2, 0.25) is 10.0 Å². The lowest BCUT2D eigenvalue weighted by Crippen LogP contribution is -2.12. The number of aromatic nitrogens is 3. The highest BCUT2D eigenvalue weighted by atomic mass is 35.5. The number of rotatable bonds is 5. The van der Waals surface area contributed by atoms with Gasteiger partial charge in [-0.25, -0.2) is 0 Å². The number of esters is 1. The van der Waals surface area contributed by atoms with Crippen LogP contribution in [-0.4, -0.2) is 32.6 Å². The Bertz CT molecular complexity index is 1070. The predicted molar refractivity (Wildman–Crippen MR) is 116 cm³/mol. The van der Waals surface area contributed by atoms with E-state index in [1.807, 2.05) is 28.8 Å². The van der Waals surface area contributed by atoms with E-state index < -0.39 is 0 Å². The fourth-order valence-electron chi connectivity index (χ4n) is 3.30. The zero-order valence-electron chi connectivity index (χ0n) is 15.9. The fourth-order valence-corrected chi connectivity index (χ4v) is 4.80.